The van der Waals surface area contributed by atoms with Crippen LogP contribution in [-0.2, 0) is 6.42 Å². The normalized spacial score (nSPS) is 10.1. The first-order chi connectivity index (χ1) is 6.20. The number of nitrogen functional groups attached to an aromatic ring is 1. The van der Waals surface area contributed by atoms with Gasteiger partial charge in [0.2, 0.25) is 0 Å². The van der Waals surface area contributed by atoms with E-state index in [0.29, 0.717) is 0 Å². The fourth-order valence-electron chi connectivity index (χ4n) is 1.59. The molecule has 0 aromatic heterocycles. The molecule has 0 saturated heterocycles. The average Bonchev–Trinajstić information content (AvgIpc) is 2.12. The van der Waals surface area contributed by atoms with Crippen molar-refractivity contribution in [2.75, 3.05) is 17.6 Å². The van der Waals surface area contributed by atoms with E-state index >= 15 is 0 Å². The molecule has 72 valence electrons. The van der Waals surface area contributed by atoms with E-state index in [0.717, 1.165) is 18.7 Å². The third-order valence-electron chi connectivity index (χ3n) is 2.36. The molecule has 1 rings (SSSR count). The minimum atomic E-state index is 0.888. The van der Waals surface area contributed by atoms with Gasteiger partial charge >= 0.3 is 0 Å². The highest BCUT2D eigenvalue weighted by Gasteiger charge is 2.05. The Morgan fingerprint density at radius 2 is 2.00 bits per heavy atom. The average molecular weight is 178 g/mol. The summed E-state index contributed by atoms with van der Waals surface area (Å²) in [5, 5.41) is 3.34. The van der Waals surface area contributed by atoms with Crippen LogP contribution >= 0.6 is 0 Å². The maximum absolute atomic E-state index is 5.83. The Labute approximate surface area is 80.1 Å². The number of rotatable bonds is 3. The predicted octanol–water partition coefficient (Wildman–Crippen LogP) is 2.57. The van der Waals surface area contributed by atoms with E-state index in [9.17, 15) is 0 Å². The van der Waals surface area contributed by atoms with Crippen molar-refractivity contribution in [2.24, 2.45) is 0 Å². The zero-order chi connectivity index (χ0) is 9.84. The van der Waals surface area contributed by atoms with Gasteiger partial charge in [0.05, 0.1) is 0 Å². The minimum absolute atomic E-state index is 0.888. The van der Waals surface area contributed by atoms with Crippen LogP contribution in [0.5, 0.6) is 0 Å². The van der Waals surface area contributed by atoms with Gasteiger partial charge in [0.25, 0.3) is 0 Å². The van der Waals surface area contributed by atoms with Gasteiger partial charge in [-0.1, -0.05) is 6.92 Å². The number of hydrogen-bond donors (Lipinski definition) is 2. The van der Waals surface area contributed by atoms with Gasteiger partial charge in [0.15, 0.2) is 0 Å². The summed E-state index contributed by atoms with van der Waals surface area (Å²) in [7, 11) is 0. The number of anilines is 2. The van der Waals surface area contributed by atoms with Gasteiger partial charge in [-0.05, 0) is 43.5 Å². The lowest BCUT2D eigenvalue weighted by Gasteiger charge is -2.13. The molecule has 2 heteroatoms. The first-order valence-electron chi connectivity index (χ1n) is 4.82. The molecule has 2 nitrogen and oxygen atoms in total. The van der Waals surface area contributed by atoms with Gasteiger partial charge in [0, 0.05) is 17.9 Å². The van der Waals surface area contributed by atoms with E-state index in [1.54, 1.807) is 0 Å². The molecular weight excluding hydrogens is 160 g/mol. The molecule has 0 bridgehead atoms. The first kappa shape index (κ1) is 9.90. The summed E-state index contributed by atoms with van der Waals surface area (Å²) in [5.41, 5.74) is 10.5. The highest BCUT2D eigenvalue weighted by atomic mass is 14.9. The van der Waals surface area contributed by atoms with E-state index in [1.165, 1.54) is 16.8 Å². The van der Waals surface area contributed by atoms with Gasteiger partial charge in [0.1, 0.15) is 0 Å². The van der Waals surface area contributed by atoms with Crippen molar-refractivity contribution in [3.8, 4) is 0 Å². The van der Waals surface area contributed by atoms with Crippen LogP contribution in [0.4, 0.5) is 11.4 Å². The topological polar surface area (TPSA) is 38.0 Å². The van der Waals surface area contributed by atoms with E-state index in [4.69, 9.17) is 5.73 Å². The predicted molar refractivity (Wildman–Crippen MR) is 59.1 cm³/mol. The summed E-state index contributed by atoms with van der Waals surface area (Å²) in [6, 6.07) is 4.02. The summed E-state index contributed by atoms with van der Waals surface area (Å²) < 4.78 is 0. The molecule has 0 amide bonds. The fourth-order valence-corrected chi connectivity index (χ4v) is 1.59. The van der Waals surface area contributed by atoms with Crippen molar-refractivity contribution in [2.45, 2.75) is 27.2 Å². The fraction of sp³-hybridized carbons (Fsp3) is 0.455. The number of benzene rings is 1. The lowest BCUT2D eigenvalue weighted by atomic mass is 10.0. The number of hydrogen-bond acceptors (Lipinski definition) is 2. The van der Waals surface area contributed by atoms with Crippen LogP contribution < -0.4 is 11.1 Å². The Hall–Kier alpha value is -1.18. The van der Waals surface area contributed by atoms with E-state index in [2.05, 4.69) is 32.2 Å². The smallest absolute Gasteiger partial charge is 0.0376 e. The molecule has 0 heterocycles. The Bertz CT molecular complexity index is 292. The monoisotopic (exact) mass is 178 g/mol. The second-order valence-electron chi connectivity index (χ2n) is 3.19. The summed E-state index contributed by atoms with van der Waals surface area (Å²) in [6.07, 6.45) is 1.03. The molecule has 13 heavy (non-hydrogen) atoms. The molecule has 0 aliphatic heterocycles. The van der Waals surface area contributed by atoms with Crippen molar-refractivity contribution in [1.82, 2.24) is 0 Å². The number of nitrogens with two attached hydrogens (primary N) is 1. The van der Waals surface area contributed by atoms with Crippen LogP contribution in [0.25, 0.3) is 0 Å². The molecule has 0 aliphatic rings. The molecule has 0 atom stereocenters. The van der Waals surface area contributed by atoms with Gasteiger partial charge < -0.3 is 11.1 Å². The van der Waals surface area contributed by atoms with E-state index in [-0.39, 0.29) is 0 Å². The summed E-state index contributed by atoms with van der Waals surface area (Å²) in [4.78, 5) is 0. The second kappa shape index (κ2) is 4.17. The van der Waals surface area contributed by atoms with E-state index in [1.807, 2.05) is 6.07 Å². The second-order valence-corrected chi connectivity index (χ2v) is 3.19. The standard InChI is InChI=1S/C11H18N2/c1-4-9-8(3)10(12)6-7-11(9)13-5-2/h6-7,13H,4-5,12H2,1-3H3. The maximum atomic E-state index is 5.83. The van der Waals surface area contributed by atoms with Gasteiger partial charge in [-0.3, -0.25) is 0 Å². The molecule has 0 fully saturated rings. The Morgan fingerprint density at radius 1 is 1.31 bits per heavy atom. The van der Waals surface area contributed by atoms with Crippen molar-refractivity contribution in [3.05, 3.63) is 23.3 Å². The van der Waals surface area contributed by atoms with Crippen molar-refractivity contribution in [1.29, 1.82) is 0 Å². The van der Waals surface area contributed by atoms with Gasteiger partial charge in [-0.2, -0.15) is 0 Å². The highest BCUT2D eigenvalue weighted by Crippen LogP contribution is 2.24. The third-order valence-corrected chi connectivity index (χ3v) is 2.36. The zero-order valence-corrected chi connectivity index (χ0v) is 8.65. The summed E-state index contributed by atoms with van der Waals surface area (Å²) in [6.45, 7) is 7.29. The van der Waals surface area contributed by atoms with Gasteiger partial charge in [-0.15, -0.1) is 0 Å². The van der Waals surface area contributed by atoms with Crippen molar-refractivity contribution >= 4 is 11.4 Å². The Kier molecular flexibility index (Phi) is 3.18. The number of nitrogens with one attached hydrogen (secondary N) is 1. The van der Waals surface area contributed by atoms with Crippen molar-refractivity contribution < 1.29 is 0 Å². The largest absolute Gasteiger partial charge is 0.399 e. The SMILES string of the molecule is CCNc1ccc(N)c(C)c1CC. The zero-order valence-electron chi connectivity index (χ0n) is 8.65. The molecule has 3 N–H and O–H groups in total. The molecule has 0 aliphatic carbocycles. The molecule has 0 spiro atoms. The molecule has 1 aromatic carbocycles. The first-order valence-corrected chi connectivity index (χ1v) is 4.82. The Morgan fingerprint density at radius 3 is 2.54 bits per heavy atom. The van der Waals surface area contributed by atoms with Crippen LogP contribution in [0.3, 0.4) is 0 Å². The van der Waals surface area contributed by atoms with Crippen LogP contribution in [0, 0.1) is 6.92 Å². The van der Waals surface area contributed by atoms with Crippen molar-refractivity contribution in [3.63, 3.8) is 0 Å². The molecule has 0 unspecified atom stereocenters. The van der Waals surface area contributed by atoms with Crippen LogP contribution in [0.1, 0.15) is 25.0 Å². The van der Waals surface area contributed by atoms with Crippen LogP contribution in [0.2, 0.25) is 0 Å². The lowest BCUT2D eigenvalue weighted by Crippen LogP contribution is -2.03. The minimum Gasteiger partial charge on any atom is -0.399 e. The van der Waals surface area contributed by atoms with Gasteiger partial charge in [-0.25, -0.2) is 0 Å². The summed E-state index contributed by atoms with van der Waals surface area (Å²) >= 11 is 0. The molecule has 0 saturated carbocycles. The lowest BCUT2D eigenvalue weighted by molar-refractivity contribution is 1.09. The quantitative estimate of drug-likeness (QED) is 0.698. The van der Waals surface area contributed by atoms with Crippen LogP contribution in [-0.4, -0.2) is 6.54 Å². The van der Waals surface area contributed by atoms with Crippen LogP contribution in [0.15, 0.2) is 12.1 Å². The molecule has 1 aromatic rings. The molecule has 0 radical (unpaired) electrons. The highest BCUT2D eigenvalue weighted by molar-refractivity contribution is 5.63. The summed E-state index contributed by atoms with van der Waals surface area (Å²) in [5.74, 6) is 0. The maximum Gasteiger partial charge on any atom is 0.0376 e. The third kappa shape index (κ3) is 1.94. The van der Waals surface area contributed by atoms with E-state index < -0.39 is 0 Å². The molecular formula is C11H18N2. The Balaban J connectivity index is 3.13.